The monoisotopic (exact) mass is 258 g/mol. The van der Waals surface area contributed by atoms with Crippen LogP contribution in [0.5, 0.6) is 0 Å². The highest BCUT2D eigenvalue weighted by atomic mass is 16.5. The van der Waals surface area contributed by atoms with Gasteiger partial charge in [0.25, 0.3) is 0 Å². The van der Waals surface area contributed by atoms with E-state index >= 15 is 0 Å². The first-order valence-corrected chi connectivity index (χ1v) is 7.09. The van der Waals surface area contributed by atoms with E-state index in [1.807, 2.05) is 18.3 Å². The second-order valence-corrected chi connectivity index (χ2v) is 5.77. The van der Waals surface area contributed by atoms with Gasteiger partial charge in [-0.1, -0.05) is 5.16 Å². The molecule has 100 valence electrons. The third kappa shape index (κ3) is 2.18. The molecule has 4 rings (SSSR count). The molecule has 0 aromatic carbocycles. The van der Waals surface area contributed by atoms with Crippen LogP contribution >= 0.6 is 0 Å². The van der Waals surface area contributed by atoms with E-state index in [0.29, 0.717) is 11.7 Å². The fraction of sp³-hybridized carbons (Fsp3) is 0.571. The minimum absolute atomic E-state index is 0.664. The minimum atomic E-state index is 0.664. The van der Waals surface area contributed by atoms with Crippen molar-refractivity contribution in [2.24, 2.45) is 5.92 Å². The zero-order valence-corrected chi connectivity index (χ0v) is 10.8. The molecule has 2 aromatic rings. The predicted octanol–water partition coefficient (Wildman–Crippen LogP) is 2.14. The smallest absolute Gasteiger partial charge is 0.227 e. The van der Waals surface area contributed by atoms with E-state index < -0.39 is 0 Å². The zero-order valence-electron chi connectivity index (χ0n) is 10.8. The van der Waals surface area contributed by atoms with Crippen LogP contribution in [0.25, 0.3) is 11.5 Å². The maximum absolute atomic E-state index is 5.38. The van der Waals surface area contributed by atoms with E-state index in [0.717, 1.165) is 30.1 Å². The average molecular weight is 258 g/mol. The molecule has 0 spiro atoms. The van der Waals surface area contributed by atoms with Crippen molar-refractivity contribution in [3.8, 4) is 11.5 Å². The third-order valence-electron chi connectivity index (χ3n) is 4.34. The van der Waals surface area contributed by atoms with Gasteiger partial charge in [0.2, 0.25) is 11.7 Å². The van der Waals surface area contributed by atoms with Gasteiger partial charge in [0.05, 0.1) is 5.69 Å². The predicted molar refractivity (Wildman–Crippen MR) is 70.5 cm³/mol. The molecule has 2 N–H and O–H groups in total. The molecular formula is C14H18N4O. The number of hydrogen-bond donors (Lipinski definition) is 2. The summed E-state index contributed by atoms with van der Waals surface area (Å²) in [7, 11) is 0. The standard InChI is InChI=1S/C14H18N4O/c1-2-12(15-5-1)14-17-13(19-18-14)8-9-6-10-3-4-11(7-9)16-10/h1-2,5,9-11,15-16H,3-4,6-8H2. The Bertz CT molecular complexity index is 536. The third-order valence-corrected chi connectivity index (χ3v) is 4.34. The number of aromatic nitrogens is 3. The number of nitrogens with zero attached hydrogens (tertiary/aromatic N) is 2. The minimum Gasteiger partial charge on any atom is -0.359 e. The van der Waals surface area contributed by atoms with Gasteiger partial charge in [0, 0.05) is 24.7 Å². The van der Waals surface area contributed by atoms with Crippen molar-refractivity contribution in [1.29, 1.82) is 0 Å². The van der Waals surface area contributed by atoms with E-state index in [1.165, 1.54) is 25.7 Å². The van der Waals surface area contributed by atoms with Crippen LogP contribution in [0.4, 0.5) is 0 Å². The molecular weight excluding hydrogens is 240 g/mol. The Morgan fingerprint density at radius 3 is 2.84 bits per heavy atom. The highest BCUT2D eigenvalue weighted by Crippen LogP contribution is 2.32. The number of nitrogens with one attached hydrogen (secondary N) is 2. The van der Waals surface area contributed by atoms with Gasteiger partial charge in [0.15, 0.2) is 0 Å². The van der Waals surface area contributed by atoms with Crippen LogP contribution in [0, 0.1) is 5.92 Å². The first-order valence-electron chi connectivity index (χ1n) is 7.09. The number of rotatable bonds is 3. The largest absolute Gasteiger partial charge is 0.359 e. The maximum Gasteiger partial charge on any atom is 0.227 e. The van der Waals surface area contributed by atoms with Crippen molar-refractivity contribution in [2.45, 2.75) is 44.2 Å². The summed E-state index contributed by atoms with van der Waals surface area (Å²) >= 11 is 0. The lowest BCUT2D eigenvalue weighted by Crippen LogP contribution is -2.38. The van der Waals surface area contributed by atoms with Crippen molar-refractivity contribution >= 4 is 0 Å². The molecule has 2 aliphatic heterocycles. The summed E-state index contributed by atoms with van der Waals surface area (Å²) < 4.78 is 5.38. The summed E-state index contributed by atoms with van der Waals surface area (Å²) in [5.41, 5.74) is 0.917. The van der Waals surface area contributed by atoms with E-state index in [9.17, 15) is 0 Å². The van der Waals surface area contributed by atoms with Crippen molar-refractivity contribution in [2.75, 3.05) is 0 Å². The molecule has 5 heteroatoms. The van der Waals surface area contributed by atoms with Crippen LogP contribution < -0.4 is 5.32 Å². The molecule has 2 atom stereocenters. The highest BCUT2D eigenvalue weighted by molar-refractivity contribution is 5.47. The Hall–Kier alpha value is -1.62. The molecule has 0 amide bonds. The molecule has 2 aliphatic rings. The molecule has 2 fully saturated rings. The average Bonchev–Trinajstić information content (AvgIpc) is 3.10. The number of aromatic amines is 1. The Morgan fingerprint density at radius 1 is 1.26 bits per heavy atom. The molecule has 19 heavy (non-hydrogen) atoms. The quantitative estimate of drug-likeness (QED) is 0.885. The van der Waals surface area contributed by atoms with Crippen molar-refractivity contribution in [3.05, 3.63) is 24.2 Å². The number of hydrogen-bond acceptors (Lipinski definition) is 4. The lowest BCUT2D eigenvalue weighted by Gasteiger charge is -2.27. The Kier molecular flexibility index (Phi) is 2.65. The second-order valence-electron chi connectivity index (χ2n) is 5.77. The number of fused-ring (bicyclic) bond motifs is 2. The molecule has 2 bridgehead atoms. The van der Waals surface area contributed by atoms with E-state index in [1.54, 1.807) is 0 Å². The fourth-order valence-electron chi connectivity index (χ4n) is 3.51. The van der Waals surface area contributed by atoms with Crippen LogP contribution in [0.3, 0.4) is 0 Å². The molecule has 0 saturated carbocycles. The first-order chi connectivity index (χ1) is 9.37. The van der Waals surface area contributed by atoms with Crippen molar-refractivity contribution in [3.63, 3.8) is 0 Å². The molecule has 2 saturated heterocycles. The van der Waals surface area contributed by atoms with Crippen LogP contribution in [0.2, 0.25) is 0 Å². The van der Waals surface area contributed by atoms with Crippen LogP contribution in [0.1, 0.15) is 31.6 Å². The Balaban J connectivity index is 1.46. The normalized spacial score (nSPS) is 29.8. The molecule has 2 aromatic heterocycles. The van der Waals surface area contributed by atoms with Gasteiger partial charge in [-0.25, -0.2) is 0 Å². The van der Waals surface area contributed by atoms with Gasteiger partial charge < -0.3 is 14.8 Å². The van der Waals surface area contributed by atoms with Crippen LogP contribution in [-0.2, 0) is 6.42 Å². The second kappa shape index (κ2) is 4.49. The molecule has 0 aliphatic carbocycles. The number of H-pyrrole nitrogens is 1. The summed E-state index contributed by atoms with van der Waals surface area (Å²) in [6.45, 7) is 0. The first kappa shape index (κ1) is 11.2. The Labute approximate surface area is 111 Å². The van der Waals surface area contributed by atoms with E-state index in [2.05, 4.69) is 20.4 Å². The molecule has 2 unspecified atom stereocenters. The SMILES string of the molecule is c1c[nH]c(-c2noc(CC3CC4CCC(C3)N4)n2)c1. The summed E-state index contributed by atoms with van der Waals surface area (Å²) in [5.74, 6) is 2.13. The summed E-state index contributed by atoms with van der Waals surface area (Å²) in [5, 5.41) is 7.71. The fourth-order valence-corrected chi connectivity index (χ4v) is 3.51. The lowest BCUT2D eigenvalue weighted by molar-refractivity contribution is 0.270. The highest BCUT2D eigenvalue weighted by Gasteiger charge is 2.34. The molecule has 5 nitrogen and oxygen atoms in total. The molecule has 4 heterocycles. The summed E-state index contributed by atoms with van der Waals surface area (Å²) in [6.07, 6.45) is 7.95. The summed E-state index contributed by atoms with van der Waals surface area (Å²) in [6, 6.07) is 5.33. The number of piperidine rings is 1. The lowest BCUT2D eigenvalue weighted by atomic mass is 9.90. The van der Waals surface area contributed by atoms with Crippen molar-refractivity contribution < 1.29 is 4.52 Å². The van der Waals surface area contributed by atoms with E-state index in [4.69, 9.17) is 4.52 Å². The van der Waals surface area contributed by atoms with Gasteiger partial charge in [-0.05, 0) is 43.7 Å². The van der Waals surface area contributed by atoms with Gasteiger partial charge in [-0.2, -0.15) is 4.98 Å². The van der Waals surface area contributed by atoms with Gasteiger partial charge in [-0.15, -0.1) is 0 Å². The van der Waals surface area contributed by atoms with Crippen LogP contribution in [-0.4, -0.2) is 27.2 Å². The summed E-state index contributed by atoms with van der Waals surface area (Å²) in [4.78, 5) is 7.59. The zero-order chi connectivity index (χ0) is 12.7. The van der Waals surface area contributed by atoms with Gasteiger partial charge >= 0.3 is 0 Å². The molecule has 0 radical (unpaired) electrons. The van der Waals surface area contributed by atoms with Crippen molar-refractivity contribution in [1.82, 2.24) is 20.4 Å². The van der Waals surface area contributed by atoms with Crippen LogP contribution in [0.15, 0.2) is 22.9 Å². The van der Waals surface area contributed by atoms with Gasteiger partial charge in [-0.3, -0.25) is 0 Å². The topological polar surface area (TPSA) is 66.7 Å². The van der Waals surface area contributed by atoms with Gasteiger partial charge in [0.1, 0.15) is 0 Å². The van der Waals surface area contributed by atoms with E-state index in [-0.39, 0.29) is 0 Å². The maximum atomic E-state index is 5.38. The Morgan fingerprint density at radius 2 is 2.11 bits per heavy atom.